The molecule has 1 aliphatic rings. The van der Waals surface area contributed by atoms with Gasteiger partial charge in [0.2, 0.25) is 0 Å². The molecule has 22 heavy (non-hydrogen) atoms. The number of hydrogen-bond donors (Lipinski definition) is 0. The number of aromatic nitrogens is 2. The second-order valence-electron chi connectivity index (χ2n) is 5.12. The third-order valence-electron chi connectivity index (χ3n) is 3.60. The van der Waals surface area contributed by atoms with Crippen molar-refractivity contribution in [1.29, 1.82) is 0 Å². The normalized spacial score (nSPS) is 16.5. The quantitative estimate of drug-likeness (QED) is 0.720. The Morgan fingerprint density at radius 2 is 2.05 bits per heavy atom. The lowest BCUT2D eigenvalue weighted by Crippen LogP contribution is -2.23. The molecule has 0 saturated carbocycles. The van der Waals surface area contributed by atoms with Crippen LogP contribution < -0.4 is 9.47 Å². The summed E-state index contributed by atoms with van der Waals surface area (Å²) in [5.74, 6) is 0.674. The molecule has 1 atom stereocenters. The van der Waals surface area contributed by atoms with Crippen LogP contribution in [-0.2, 0) is 6.54 Å². The van der Waals surface area contributed by atoms with E-state index >= 15 is 0 Å². The first kappa shape index (κ1) is 13.7. The fourth-order valence-corrected chi connectivity index (χ4v) is 2.84. The van der Waals surface area contributed by atoms with E-state index in [0.29, 0.717) is 28.4 Å². The fraction of sp³-hybridized carbons (Fsp3) is 0.188. The molecule has 0 bridgehead atoms. The number of halogens is 2. The van der Waals surface area contributed by atoms with E-state index in [1.165, 1.54) is 0 Å². The Bertz CT molecular complexity index is 847. The Hall–Kier alpha value is -1.91. The molecule has 1 aromatic heterocycles. The van der Waals surface area contributed by atoms with Gasteiger partial charge in [-0.15, -0.1) is 0 Å². The molecule has 0 N–H and O–H groups in total. The lowest BCUT2D eigenvalue weighted by molar-refractivity contribution is 0.144. The van der Waals surface area contributed by atoms with E-state index in [-0.39, 0.29) is 6.10 Å². The van der Waals surface area contributed by atoms with Crippen molar-refractivity contribution in [2.24, 2.45) is 0 Å². The van der Waals surface area contributed by atoms with Gasteiger partial charge in [-0.25, -0.2) is 0 Å². The number of hydrogen-bond acceptors (Lipinski definition) is 3. The largest absolute Gasteiger partial charge is 0.490 e. The van der Waals surface area contributed by atoms with E-state index in [1.807, 2.05) is 24.3 Å². The number of para-hydroxylation sites is 2. The first-order valence-electron chi connectivity index (χ1n) is 6.90. The van der Waals surface area contributed by atoms with Crippen LogP contribution in [0.3, 0.4) is 0 Å². The summed E-state index contributed by atoms with van der Waals surface area (Å²) >= 11 is 11.9. The zero-order valence-corrected chi connectivity index (χ0v) is 13.0. The van der Waals surface area contributed by atoms with Crippen molar-refractivity contribution in [1.82, 2.24) is 9.55 Å². The van der Waals surface area contributed by atoms with Crippen molar-refractivity contribution in [2.75, 3.05) is 6.61 Å². The molecule has 0 saturated heterocycles. The minimum Gasteiger partial charge on any atom is -0.490 e. The summed E-state index contributed by atoms with van der Waals surface area (Å²) in [5, 5.41) is 0.989. The molecule has 6 heteroatoms. The van der Waals surface area contributed by atoms with Gasteiger partial charge in [-0.3, -0.25) is 4.57 Å². The predicted octanol–water partition coefficient (Wildman–Crippen LogP) is 4.18. The maximum Gasteiger partial charge on any atom is 0.297 e. The van der Waals surface area contributed by atoms with Crippen LogP contribution in [0.1, 0.15) is 0 Å². The molecule has 0 spiro atoms. The van der Waals surface area contributed by atoms with Gasteiger partial charge in [-0.2, -0.15) is 4.98 Å². The van der Waals surface area contributed by atoms with E-state index in [1.54, 1.807) is 18.2 Å². The topological polar surface area (TPSA) is 36.3 Å². The summed E-state index contributed by atoms with van der Waals surface area (Å²) in [5.41, 5.74) is 2.02. The molecule has 0 unspecified atom stereocenters. The van der Waals surface area contributed by atoms with E-state index in [9.17, 15) is 0 Å². The summed E-state index contributed by atoms with van der Waals surface area (Å²) in [6, 6.07) is 13.8. The monoisotopic (exact) mass is 334 g/mol. The summed E-state index contributed by atoms with van der Waals surface area (Å²) in [6.45, 7) is 1.15. The van der Waals surface area contributed by atoms with Crippen LogP contribution >= 0.6 is 23.2 Å². The van der Waals surface area contributed by atoms with Crippen LogP contribution in [0.5, 0.6) is 11.8 Å². The fourth-order valence-electron chi connectivity index (χ4n) is 2.55. The SMILES string of the molecule is Clc1ccc(OC[C@@H]2Cn3c(nc4ccccc43)O2)cc1Cl. The van der Waals surface area contributed by atoms with Crippen LogP contribution in [0, 0.1) is 0 Å². The van der Waals surface area contributed by atoms with Gasteiger partial charge in [-0.1, -0.05) is 35.3 Å². The molecule has 0 aliphatic carbocycles. The second kappa shape index (κ2) is 5.38. The lowest BCUT2D eigenvalue weighted by Gasteiger charge is -2.12. The Morgan fingerprint density at radius 1 is 1.18 bits per heavy atom. The number of fused-ring (bicyclic) bond motifs is 3. The molecule has 2 aromatic carbocycles. The summed E-state index contributed by atoms with van der Waals surface area (Å²) in [4.78, 5) is 4.47. The zero-order chi connectivity index (χ0) is 15.1. The van der Waals surface area contributed by atoms with Crippen molar-refractivity contribution in [3.05, 3.63) is 52.5 Å². The average molecular weight is 335 g/mol. The van der Waals surface area contributed by atoms with Crippen LogP contribution in [0.25, 0.3) is 11.0 Å². The Kier molecular flexibility index (Phi) is 3.36. The summed E-state index contributed by atoms with van der Waals surface area (Å²) < 4.78 is 13.6. The standard InChI is InChI=1S/C16H12Cl2N2O2/c17-12-6-5-10(7-13(12)18)21-9-11-8-20-15-4-2-1-3-14(15)19-16(20)22-11/h1-7,11H,8-9H2/t11-/m0/s1. The lowest BCUT2D eigenvalue weighted by atomic mass is 10.3. The average Bonchev–Trinajstić information content (AvgIpc) is 3.06. The van der Waals surface area contributed by atoms with Gasteiger partial charge < -0.3 is 9.47 Å². The molecule has 4 rings (SSSR count). The van der Waals surface area contributed by atoms with Crippen LogP contribution in [0.15, 0.2) is 42.5 Å². The van der Waals surface area contributed by atoms with E-state index in [0.717, 1.165) is 17.6 Å². The van der Waals surface area contributed by atoms with Crippen molar-refractivity contribution < 1.29 is 9.47 Å². The Labute approximate surface area is 137 Å². The Morgan fingerprint density at radius 3 is 2.91 bits per heavy atom. The van der Waals surface area contributed by atoms with Crippen molar-refractivity contribution >= 4 is 34.2 Å². The highest BCUT2D eigenvalue weighted by Crippen LogP contribution is 2.29. The number of ether oxygens (including phenoxy) is 2. The van der Waals surface area contributed by atoms with E-state index in [2.05, 4.69) is 9.55 Å². The molecular formula is C16H12Cl2N2O2. The summed E-state index contributed by atoms with van der Waals surface area (Å²) in [7, 11) is 0. The first-order chi connectivity index (χ1) is 10.7. The predicted molar refractivity (Wildman–Crippen MR) is 86.1 cm³/mol. The molecule has 1 aliphatic heterocycles. The number of benzene rings is 2. The summed E-state index contributed by atoms with van der Waals surface area (Å²) in [6.07, 6.45) is -0.0680. The van der Waals surface area contributed by atoms with Crippen LogP contribution in [-0.4, -0.2) is 22.3 Å². The smallest absolute Gasteiger partial charge is 0.297 e. The van der Waals surface area contributed by atoms with E-state index < -0.39 is 0 Å². The van der Waals surface area contributed by atoms with Gasteiger partial charge in [0.05, 0.1) is 27.6 Å². The first-order valence-corrected chi connectivity index (χ1v) is 7.66. The molecule has 3 aromatic rings. The van der Waals surface area contributed by atoms with Gasteiger partial charge in [0.25, 0.3) is 6.01 Å². The van der Waals surface area contributed by atoms with Crippen LogP contribution in [0.4, 0.5) is 0 Å². The minimum absolute atomic E-state index is 0.0680. The van der Waals surface area contributed by atoms with Crippen molar-refractivity contribution in [2.45, 2.75) is 12.6 Å². The molecule has 4 nitrogen and oxygen atoms in total. The maximum absolute atomic E-state index is 5.97. The highest BCUT2D eigenvalue weighted by atomic mass is 35.5. The Balaban J connectivity index is 1.46. The zero-order valence-electron chi connectivity index (χ0n) is 11.5. The van der Waals surface area contributed by atoms with Crippen molar-refractivity contribution in [3.8, 4) is 11.8 Å². The van der Waals surface area contributed by atoms with Crippen LogP contribution in [0.2, 0.25) is 10.0 Å². The van der Waals surface area contributed by atoms with Gasteiger partial charge in [0, 0.05) is 6.07 Å². The molecule has 0 amide bonds. The van der Waals surface area contributed by atoms with Gasteiger partial charge >= 0.3 is 0 Å². The molecule has 0 fully saturated rings. The van der Waals surface area contributed by atoms with Gasteiger partial charge in [-0.05, 0) is 24.3 Å². The molecule has 2 heterocycles. The van der Waals surface area contributed by atoms with E-state index in [4.69, 9.17) is 32.7 Å². The number of rotatable bonds is 3. The maximum atomic E-state index is 5.97. The highest BCUT2D eigenvalue weighted by molar-refractivity contribution is 6.42. The number of imidazole rings is 1. The van der Waals surface area contributed by atoms with Gasteiger partial charge in [0.1, 0.15) is 12.4 Å². The third-order valence-corrected chi connectivity index (χ3v) is 4.34. The molecular weight excluding hydrogens is 323 g/mol. The molecule has 0 radical (unpaired) electrons. The molecule has 112 valence electrons. The highest BCUT2D eigenvalue weighted by Gasteiger charge is 2.26. The number of nitrogens with zero attached hydrogens (tertiary/aromatic N) is 2. The minimum atomic E-state index is -0.0680. The third kappa shape index (κ3) is 2.38. The van der Waals surface area contributed by atoms with Gasteiger partial charge in [0.15, 0.2) is 6.10 Å². The van der Waals surface area contributed by atoms with Crippen molar-refractivity contribution in [3.63, 3.8) is 0 Å². The second-order valence-corrected chi connectivity index (χ2v) is 5.93.